The second-order valence-corrected chi connectivity index (χ2v) is 6.41. The first-order valence-corrected chi connectivity index (χ1v) is 7.63. The van der Waals surface area contributed by atoms with Gasteiger partial charge in [0.15, 0.2) is 0 Å². The average molecular weight is 312 g/mol. The normalized spacial score (nSPS) is 14.1. The molecule has 0 aliphatic rings. The molecule has 2 N–H and O–H groups in total. The maximum Gasteiger partial charge on any atom is 0.0603 e. The van der Waals surface area contributed by atoms with Gasteiger partial charge in [-0.3, -0.25) is 0 Å². The van der Waals surface area contributed by atoms with Gasteiger partial charge in [0, 0.05) is 16.2 Å². The van der Waals surface area contributed by atoms with Gasteiger partial charge in [-0.25, -0.2) is 0 Å². The molecule has 0 aliphatic carbocycles. The van der Waals surface area contributed by atoms with Gasteiger partial charge in [-0.15, -0.1) is 11.8 Å². The van der Waals surface area contributed by atoms with Crippen molar-refractivity contribution < 1.29 is 0 Å². The summed E-state index contributed by atoms with van der Waals surface area (Å²) in [7, 11) is 0. The second kappa shape index (κ2) is 6.67. The van der Waals surface area contributed by atoms with Gasteiger partial charge in [0.05, 0.1) is 10.0 Å². The van der Waals surface area contributed by atoms with Crippen LogP contribution in [0.3, 0.4) is 0 Å². The lowest BCUT2D eigenvalue weighted by atomic mass is 10.1. The van der Waals surface area contributed by atoms with Crippen molar-refractivity contribution in [2.24, 2.45) is 5.73 Å². The molecule has 2 atom stereocenters. The lowest BCUT2D eigenvalue weighted by Crippen LogP contribution is -2.22. The topological polar surface area (TPSA) is 26.0 Å². The summed E-state index contributed by atoms with van der Waals surface area (Å²) in [6.07, 6.45) is 0. The van der Waals surface area contributed by atoms with Crippen LogP contribution in [-0.2, 0) is 0 Å². The number of benzene rings is 2. The third-order valence-corrected chi connectivity index (χ3v) is 4.98. The van der Waals surface area contributed by atoms with Crippen molar-refractivity contribution in [1.29, 1.82) is 0 Å². The van der Waals surface area contributed by atoms with E-state index in [2.05, 4.69) is 12.1 Å². The predicted octanol–water partition coefficient (Wildman–Crippen LogP) is 5.17. The Labute approximate surface area is 128 Å². The van der Waals surface area contributed by atoms with Crippen molar-refractivity contribution >= 4 is 35.0 Å². The Kier molecular flexibility index (Phi) is 5.17. The van der Waals surface area contributed by atoms with Crippen LogP contribution in [0.5, 0.6) is 0 Å². The molecule has 2 aromatic rings. The van der Waals surface area contributed by atoms with Gasteiger partial charge in [0.2, 0.25) is 0 Å². The Hall–Kier alpha value is -0.670. The average Bonchev–Trinajstić information content (AvgIpc) is 2.40. The van der Waals surface area contributed by atoms with Crippen LogP contribution in [-0.4, -0.2) is 6.04 Å². The second-order valence-electron chi connectivity index (χ2n) is 4.38. The minimum atomic E-state index is 0.0434. The quantitative estimate of drug-likeness (QED) is 0.788. The van der Waals surface area contributed by atoms with Crippen molar-refractivity contribution in [3.05, 3.63) is 64.1 Å². The highest BCUT2D eigenvalue weighted by Crippen LogP contribution is 2.39. The van der Waals surface area contributed by atoms with Gasteiger partial charge in [-0.05, 0) is 30.7 Å². The molecule has 0 radical (unpaired) electrons. The smallest absolute Gasteiger partial charge is 0.0603 e. The van der Waals surface area contributed by atoms with Crippen LogP contribution in [0.2, 0.25) is 10.0 Å². The SMILES string of the molecule is CC(N)C(Sc1ccc(Cl)c(Cl)c1)c1ccccc1. The van der Waals surface area contributed by atoms with Crippen LogP contribution in [0.15, 0.2) is 53.4 Å². The van der Waals surface area contributed by atoms with E-state index < -0.39 is 0 Å². The van der Waals surface area contributed by atoms with Crippen LogP contribution in [0, 0.1) is 0 Å². The lowest BCUT2D eigenvalue weighted by Gasteiger charge is -2.21. The van der Waals surface area contributed by atoms with Crippen LogP contribution in [0.25, 0.3) is 0 Å². The molecule has 0 fully saturated rings. The van der Waals surface area contributed by atoms with Crippen LogP contribution < -0.4 is 5.73 Å². The molecule has 2 rings (SSSR count). The molecule has 100 valence electrons. The van der Waals surface area contributed by atoms with Gasteiger partial charge >= 0.3 is 0 Å². The number of nitrogens with two attached hydrogens (primary N) is 1. The minimum absolute atomic E-state index is 0.0434. The molecular weight excluding hydrogens is 297 g/mol. The van der Waals surface area contributed by atoms with Gasteiger partial charge in [0.1, 0.15) is 0 Å². The molecule has 0 saturated carbocycles. The molecule has 0 aromatic heterocycles. The zero-order valence-corrected chi connectivity index (χ0v) is 12.8. The van der Waals surface area contributed by atoms with Crippen molar-refractivity contribution in [3.63, 3.8) is 0 Å². The van der Waals surface area contributed by atoms with E-state index in [0.29, 0.717) is 10.0 Å². The molecule has 0 heterocycles. The van der Waals surface area contributed by atoms with E-state index in [-0.39, 0.29) is 11.3 Å². The Morgan fingerprint density at radius 1 is 1.00 bits per heavy atom. The molecule has 0 bridgehead atoms. The van der Waals surface area contributed by atoms with Crippen molar-refractivity contribution in [2.45, 2.75) is 23.1 Å². The maximum atomic E-state index is 6.10. The van der Waals surface area contributed by atoms with E-state index in [1.165, 1.54) is 5.56 Å². The number of rotatable bonds is 4. The van der Waals surface area contributed by atoms with Crippen molar-refractivity contribution in [1.82, 2.24) is 0 Å². The first-order valence-electron chi connectivity index (χ1n) is 6.00. The predicted molar refractivity (Wildman–Crippen MR) is 85.2 cm³/mol. The highest BCUT2D eigenvalue weighted by molar-refractivity contribution is 7.99. The standard InChI is InChI=1S/C15H15Cl2NS/c1-10(18)15(11-5-3-2-4-6-11)19-12-7-8-13(16)14(17)9-12/h2-10,15H,18H2,1H3. The number of halogens is 2. The van der Waals surface area contributed by atoms with Crippen LogP contribution in [0.4, 0.5) is 0 Å². The minimum Gasteiger partial charge on any atom is -0.327 e. The zero-order chi connectivity index (χ0) is 13.8. The Morgan fingerprint density at radius 2 is 1.68 bits per heavy atom. The Balaban J connectivity index is 2.24. The van der Waals surface area contributed by atoms with Gasteiger partial charge in [0.25, 0.3) is 0 Å². The molecule has 19 heavy (non-hydrogen) atoms. The molecule has 0 saturated heterocycles. The van der Waals surface area contributed by atoms with E-state index >= 15 is 0 Å². The van der Waals surface area contributed by atoms with Crippen LogP contribution >= 0.6 is 35.0 Å². The Morgan fingerprint density at radius 3 is 2.26 bits per heavy atom. The summed E-state index contributed by atoms with van der Waals surface area (Å²) in [5.41, 5.74) is 7.32. The fourth-order valence-corrected chi connectivity index (χ4v) is 3.31. The first-order chi connectivity index (χ1) is 9.08. The van der Waals surface area contributed by atoms with Gasteiger partial charge in [-0.1, -0.05) is 53.5 Å². The molecule has 0 amide bonds. The summed E-state index contributed by atoms with van der Waals surface area (Å²) < 4.78 is 0. The lowest BCUT2D eigenvalue weighted by molar-refractivity contribution is 0.721. The summed E-state index contributed by atoms with van der Waals surface area (Å²) >= 11 is 13.7. The van der Waals surface area contributed by atoms with E-state index in [1.54, 1.807) is 11.8 Å². The fourth-order valence-electron chi connectivity index (χ4n) is 1.82. The molecule has 2 aromatic carbocycles. The van der Waals surface area contributed by atoms with Gasteiger partial charge < -0.3 is 5.73 Å². The van der Waals surface area contributed by atoms with E-state index in [4.69, 9.17) is 28.9 Å². The van der Waals surface area contributed by atoms with Gasteiger partial charge in [-0.2, -0.15) is 0 Å². The third kappa shape index (κ3) is 3.90. The van der Waals surface area contributed by atoms with E-state index in [9.17, 15) is 0 Å². The molecule has 4 heteroatoms. The third-order valence-electron chi connectivity index (χ3n) is 2.76. The first kappa shape index (κ1) is 14.7. The number of hydrogen-bond donors (Lipinski definition) is 1. The Bertz CT molecular complexity index is 543. The van der Waals surface area contributed by atoms with E-state index in [1.807, 2.05) is 43.3 Å². The maximum absolute atomic E-state index is 6.10. The largest absolute Gasteiger partial charge is 0.327 e. The summed E-state index contributed by atoms with van der Waals surface area (Å²) in [6, 6.07) is 16.0. The van der Waals surface area contributed by atoms with Crippen LogP contribution in [0.1, 0.15) is 17.7 Å². The molecular formula is C15H15Cl2NS. The molecule has 1 nitrogen and oxygen atoms in total. The zero-order valence-electron chi connectivity index (χ0n) is 10.5. The summed E-state index contributed by atoms with van der Waals surface area (Å²) in [5.74, 6) is 0. The van der Waals surface area contributed by atoms with Crippen molar-refractivity contribution in [3.8, 4) is 0 Å². The van der Waals surface area contributed by atoms with E-state index in [0.717, 1.165) is 4.90 Å². The highest BCUT2D eigenvalue weighted by Gasteiger charge is 2.17. The van der Waals surface area contributed by atoms with Crippen molar-refractivity contribution in [2.75, 3.05) is 0 Å². The summed E-state index contributed by atoms with van der Waals surface area (Å²) in [6.45, 7) is 2.02. The fraction of sp³-hybridized carbons (Fsp3) is 0.200. The highest BCUT2D eigenvalue weighted by atomic mass is 35.5. The number of hydrogen-bond acceptors (Lipinski definition) is 2. The monoisotopic (exact) mass is 311 g/mol. The molecule has 0 aliphatic heterocycles. The molecule has 0 spiro atoms. The number of thioether (sulfide) groups is 1. The molecule has 2 unspecified atom stereocenters. The summed E-state index contributed by atoms with van der Waals surface area (Å²) in [5, 5.41) is 1.34. The summed E-state index contributed by atoms with van der Waals surface area (Å²) in [4.78, 5) is 1.07.